The number of esters is 1. The molecule has 0 aromatic carbocycles. The van der Waals surface area contributed by atoms with E-state index in [1.165, 1.54) is 26.4 Å². The van der Waals surface area contributed by atoms with Crippen LogP contribution in [0.4, 0.5) is 11.5 Å². The van der Waals surface area contributed by atoms with Crippen LogP contribution in [0, 0.1) is 0 Å². The zero-order valence-electron chi connectivity index (χ0n) is 10.5. The van der Waals surface area contributed by atoms with Gasteiger partial charge < -0.3 is 21.1 Å². The number of nitrogens with two attached hydrogens (primary N) is 1. The molecule has 1 unspecified atom stereocenters. The molecule has 4 N–H and O–H groups in total. The molecule has 1 atom stereocenters. The van der Waals surface area contributed by atoms with Gasteiger partial charge in [-0.15, -0.1) is 0 Å². The third-order valence-electron chi connectivity index (χ3n) is 2.31. The van der Waals surface area contributed by atoms with Crippen molar-refractivity contribution in [2.75, 3.05) is 25.2 Å². The first kappa shape index (κ1) is 13.8. The number of nitrogens with one attached hydrogen (secondary N) is 2. The molecule has 1 aromatic rings. The molecule has 0 aliphatic heterocycles. The van der Waals surface area contributed by atoms with E-state index in [9.17, 15) is 9.59 Å². The van der Waals surface area contributed by atoms with Gasteiger partial charge in [0.2, 0.25) is 5.91 Å². The van der Waals surface area contributed by atoms with Crippen molar-refractivity contribution >= 4 is 23.4 Å². The van der Waals surface area contributed by atoms with Crippen molar-refractivity contribution in [2.24, 2.45) is 0 Å². The monoisotopic (exact) mass is 252 g/mol. The Morgan fingerprint density at radius 2 is 2.17 bits per heavy atom. The van der Waals surface area contributed by atoms with Crippen molar-refractivity contribution in [2.45, 2.75) is 13.0 Å². The molecule has 1 heterocycles. The van der Waals surface area contributed by atoms with Crippen molar-refractivity contribution in [1.29, 1.82) is 0 Å². The lowest BCUT2D eigenvalue weighted by atomic mass is 10.2. The minimum absolute atomic E-state index is 0.188. The number of pyridine rings is 1. The average molecular weight is 252 g/mol. The van der Waals surface area contributed by atoms with Crippen molar-refractivity contribution in [3.05, 3.63) is 17.8 Å². The third kappa shape index (κ3) is 3.09. The molecular formula is C11H16N4O3. The number of rotatable bonds is 4. The second-order valence-corrected chi connectivity index (χ2v) is 3.64. The molecular weight excluding hydrogens is 236 g/mol. The van der Waals surface area contributed by atoms with Crippen LogP contribution in [0.15, 0.2) is 12.3 Å². The number of methoxy groups -OCH3 is 1. The van der Waals surface area contributed by atoms with Crippen molar-refractivity contribution in [3.8, 4) is 0 Å². The number of likely N-dealkylation sites (N-methyl/N-ethyl adjacent to an activating group) is 1. The number of hydrogen-bond acceptors (Lipinski definition) is 6. The molecule has 0 aliphatic carbocycles. The zero-order valence-corrected chi connectivity index (χ0v) is 10.5. The van der Waals surface area contributed by atoms with Crippen LogP contribution in [0.1, 0.15) is 17.3 Å². The number of nitrogens with zero attached hydrogens (tertiary/aromatic N) is 1. The van der Waals surface area contributed by atoms with Crippen LogP contribution < -0.4 is 16.4 Å². The van der Waals surface area contributed by atoms with E-state index < -0.39 is 12.0 Å². The summed E-state index contributed by atoms with van der Waals surface area (Å²) in [5.41, 5.74) is 6.09. The van der Waals surface area contributed by atoms with E-state index in [-0.39, 0.29) is 17.3 Å². The predicted octanol–water partition coefficient (Wildman–Crippen LogP) is -0.00320. The topological polar surface area (TPSA) is 106 Å². The Morgan fingerprint density at radius 1 is 1.50 bits per heavy atom. The van der Waals surface area contributed by atoms with Gasteiger partial charge in [0, 0.05) is 7.05 Å². The maximum atomic E-state index is 11.5. The maximum Gasteiger partial charge on any atom is 0.341 e. The highest BCUT2D eigenvalue weighted by atomic mass is 16.5. The van der Waals surface area contributed by atoms with Crippen molar-refractivity contribution < 1.29 is 14.3 Å². The molecule has 0 bridgehead atoms. The van der Waals surface area contributed by atoms with Crippen LogP contribution in [-0.4, -0.2) is 37.1 Å². The smallest absolute Gasteiger partial charge is 0.341 e. The fraction of sp³-hybridized carbons (Fsp3) is 0.364. The molecule has 0 saturated heterocycles. The van der Waals surface area contributed by atoms with E-state index in [0.29, 0.717) is 5.69 Å². The SMILES string of the molecule is CNC(=O)C(C)Nc1ncc(N)cc1C(=O)OC. The molecule has 0 saturated carbocycles. The summed E-state index contributed by atoms with van der Waals surface area (Å²) in [6.45, 7) is 1.65. The molecule has 7 nitrogen and oxygen atoms in total. The number of nitrogen functional groups attached to an aromatic ring is 1. The van der Waals surface area contributed by atoms with Gasteiger partial charge in [-0.25, -0.2) is 9.78 Å². The highest BCUT2D eigenvalue weighted by Crippen LogP contribution is 2.17. The van der Waals surface area contributed by atoms with Crippen LogP contribution in [-0.2, 0) is 9.53 Å². The summed E-state index contributed by atoms with van der Waals surface area (Å²) in [4.78, 5) is 26.9. The standard InChI is InChI=1S/C11H16N4O3/c1-6(10(16)13-2)15-9-8(11(17)18-3)4-7(12)5-14-9/h4-6H,12H2,1-3H3,(H,13,16)(H,14,15). The van der Waals surface area contributed by atoms with Gasteiger partial charge in [0.1, 0.15) is 17.4 Å². The summed E-state index contributed by atoms with van der Waals surface area (Å²) < 4.78 is 4.63. The van der Waals surface area contributed by atoms with Crippen LogP contribution in [0.2, 0.25) is 0 Å². The fourth-order valence-corrected chi connectivity index (χ4v) is 1.35. The molecule has 7 heteroatoms. The van der Waals surface area contributed by atoms with Crippen LogP contribution >= 0.6 is 0 Å². The first-order chi connectivity index (χ1) is 8.49. The summed E-state index contributed by atoms with van der Waals surface area (Å²) in [6.07, 6.45) is 1.39. The highest BCUT2D eigenvalue weighted by molar-refractivity contribution is 5.96. The molecule has 0 radical (unpaired) electrons. The summed E-state index contributed by atoms with van der Waals surface area (Å²) in [7, 11) is 2.79. The molecule has 1 aromatic heterocycles. The van der Waals surface area contributed by atoms with Crippen molar-refractivity contribution in [3.63, 3.8) is 0 Å². The van der Waals surface area contributed by atoms with E-state index in [0.717, 1.165) is 0 Å². The van der Waals surface area contributed by atoms with Gasteiger partial charge in [-0.1, -0.05) is 0 Å². The lowest BCUT2D eigenvalue weighted by molar-refractivity contribution is -0.121. The Balaban J connectivity index is 3.01. The van der Waals surface area contributed by atoms with E-state index in [2.05, 4.69) is 20.4 Å². The second-order valence-electron chi connectivity index (χ2n) is 3.64. The minimum atomic E-state index is -0.568. The van der Waals surface area contributed by atoms with E-state index in [1.807, 2.05) is 0 Å². The lowest BCUT2D eigenvalue weighted by Gasteiger charge is -2.15. The maximum absolute atomic E-state index is 11.5. The van der Waals surface area contributed by atoms with E-state index in [4.69, 9.17) is 5.73 Å². The Morgan fingerprint density at radius 3 is 2.72 bits per heavy atom. The number of carbonyl (C=O) groups is 2. The Bertz CT molecular complexity index is 462. The summed E-state index contributed by atoms with van der Waals surface area (Å²) in [5.74, 6) is -0.530. The number of ether oxygens (including phenoxy) is 1. The molecule has 0 aliphatic rings. The number of anilines is 2. The lowest BCUT2D eigenvalue weighted by Crippen LogP contribution is -2.36. The number of carbonyl (C=O) groups excluding carboxylic acids is 2. The largest absolute Gasteiger partial charge is 0.465 e. The van der Waals surface area contributed by atoms with Gasteiger partial charge >= 0.3 is 5.97 Å². The summed E-state index contributed by atoms with van der Waals surface area (Å²) in [6, 6.07) is 0.909. The highest BCUT2D eigenvalue weighted by Gasteiger charge is 2.18. The first-order valence-corrected chi connectivity index (χ1v) is 5.31. The van der Waals surface area contributed by atoms with Gasteiger partial charge in [-0.3, -0.25) is 4.79 Å². The average Bonchev–Trinajstić information content (AvgIpc) is 2.38. The number of hydrogen-bond donors (Lipinski definition) is 3. The van der Waals surface area contributed by atoms with Crippen LogP contribution in [0.25, 0.3) is 0 Å². The first-order valence-electron chi connectivity index (χ1n) is 5.31. The third-order valence-corrected chi connectivity index (χ3v) is 2.31. The minimum Gasteiger partial charge on any atom is -0.465 e. The van der Waals surface area contributed by atoms with Crippen LogP contribution in [0.3, 0.4) is 0 Å². The summed E-state index contributed by atoms with van der Waals surface area (Å²) >= 11 is 0. The Hall–Kier alpha value is -2.31. The van der Waals surface area contributed by atoms with E-state index in [1.54, 1.807) is 6.92 Å². The predicted molar refractivity (Wildman–Crippen MR) is 67.1 cm³/mol. The quantitative estimate of drug-likeness (QED) is 0.651. The normalized spacial score (nSPS) is 11.5. The van der Waals surface area contributed by atoms with Gasteiger partial charge in [-0.05, 0) is 13.0 Å². The fourth-order valence-electron chi connectivity index (χ4n) is 1.35. The van der Waals surface area contributed by atoms with Gasteiger partial charge in [0.15, 0.2) is 0 Å². The number of aromatic nitrogens is 1. The molecule has 1 rings (SSSR count). The number of amides is 1. The van der Waals surface area contributed by atoms with Gasteiger partial charge in [-0.2, -0.15) is 0 Å². The molecule has 98 valence electrons. The Labute approximate surface area is 105 Å². The Kier molecular flexibility index (Phi) is 4.47. The van der Waals surface area contributed by atoms with Gasteiger partial charge in [0.25, 0.3) is 0 Å². The molecule has 18 heavy (non-hydrogen) atoms. The zero-order chi connectivity index (χ0) is 13.7. The molecule has 0 spiro atoms. The van der Waals surface area contributed by atoms with E-state index >= 15 is 0 Å². The molecule has 1 amide bonds. The van der Waals surface area contributed by atoms with Gasteiger partial charge in [0.05, 0.1) is 19.0 Å². The molecule has 0 fully saturated rings. The summed E-state index contributed by atoms with van der Waals surface area (Å²) in [5, 5.41) is 5.31. The van der Waals surface area contributed by atoms with Crippen LogP contribution in [0.5, 0.6) is 0 Å². The van der Waals surface area contributed by atoms with Crippen molar-refractivity contribution in [1.82, 2.24) is 10.3 Å². The second kappa shape index (κ2) is 5.85.